The van der Waals surface area contributed by atoms with Gasteiger partial charge in [0.15, 0.2) is 0 Å². The van der Waals surface area contributed by atoms with Crippen LogP contribution in [0, 0.1) is 11.3 Å². The second-order valence-corrected chi connectivity index (χ2v) is 7.21. The van der Waals surface area contributed by atoms with Crippen molar-refractivity contribution in [3.63, 3.8) is 0 Å². The summed E-state index contributed by atoms with van der Waals surface area (Å²) in [5, 5.41) is 0. The number of hydrogen-bond acceptors (Lipinski definition) is 3. The van der Waals surface area contributed by atoms with E-state index in [2.05, 4.69) is 28.8 Å². The fourth-order valence-electron chi connectivity index (χ4n) is 4.32. The molecule has 0 radical (unpaired) electrons. The Bertz CT molecular complexity index is 283. The van der Waals surface area contributed by atoms with Gasteiger partial charge in [-0.25, -0.2) is 0 Å². The highest BCUT2D eigenvalue weighted by atomic mass is 15.2. The van der Waals surface area contributed by atoms with Gasteiger partial charge >= 0.3 is 0 Å². The minimum Gasteiger partial charge on any atom is -0.306 e. The molecule has 1 spiro atoms. The van der Waals surface area contributed by atoms with Crippen molar-refractivity contribution in [1.29, 1.82) is 0 Å². The van der Waals surface area contributed by atoms with E-state index in [1.807, 2.05) is 0 Å². The highest BCUT2D eigenvalue weighted by molar-refractivity contribution is 4.93. The number of hydrogen-bond donors (Lipinski definition) is 0. The molecule has 0 aromatic rings. The van der Waals surface area contributed by atoms with Crippen molar-refractivity contribution in [1.82, 2.24) is 14.7 Å². The van der Waals surface area contributed by atoms with Gasteiger partial charge in [-0.15, -0.1) is 0 Å². The Morgan fingerprint density at radius 1 is 0.944 bits per heavy atom. The minimum atomic E-state index is 0.692. The summed E-state index contributed by atoms with van der Waals surface area (Å²) < 4.78 is 0. The monoisotopic (exact) mass is 251 g/mol. The zero-order valence-corrected chi connectivity index (χ0v) is 12.2. The third-order valence-electron chi connectivity index (χ3n) is 5.55. The summed E-state index contributed by atoms with van der Waals surface area (Å²) in [6.45, 7) is 9.39. The number of rotatable bonds is 2. The van der Waals surface area contributed by atoms with Gasteiger partial charge in [0.2, 0.25) is 0 Å². The first-order chi connectivity index (χ1) is 8.65. The quantitative estimate of drug-likeness (QED) is 0.734. The van der Waals surface area contributed by atoms with Crippen LogP contribution in [0.2, 0.25) is 0 Å². The Balaban J connectivity index is 1.45. The van der Waals surface area contributed by atoms with E-state index >= 15 is 0 Å². The predicted octanol–water partition coefficient (Wildman–Crippen LogP) is 1.36. The average molecular weight is 251 g/mol. The highest BCUT2D eigenvalue weighted by Gasteiger charge is 2.39. The lowest BCUT2D eigenvalue weighted by atomic mass is 9.77. The molecule has 0 bridgehead atoms. The van der Waals surface area contributed by atoms with Crippen molar-refractivity contribution in [2.45, 2.75) is 25.7 Å². The predicted molar refractivity (Wildman–Crippen MR) is 75.8 cm³/mol. The Kier molecular flexibility index (Phi) is 3.65. The third-order valence-corrected chi connectivity index (χ3v) is 5.55. The summed E-state index contributed by atoms with van der Waals surface area (Å²) in [5.41, 5.74) is 0.692. The molecular weight excluding hydrogens is 222 g/mol. The summed E-state index contributed by atoms with van der Waals surface area (Å²) in [7, 11) is 4.55. The molecule has 0 amide bonds. The fourth-order valence-corrected chi connectivity index (χ4v) is 4.32. The first-order valence-corrected chi connectivity index (χ1v) is 7.75. The van der Waals surface area contributed by atoms with E-state index in [0.717, 1.165) is 5.92 Å². The van der Waals surface area contributed by atoms with Crippen LogP contribution in [0.4, 0.5) is 0 Å². The van der Waals surface area contributed by atoms with Crippen LogP contribution in [0.3, 0.4) is 0 Å². The van der Waals surface area contributed by atoms with Crippen molar-refractivity contribution in [3.8, 4) is 0 Å². The Labute approximate surface area is 112 Å². The van der Waals surface area contributed by atoms with Crippen LogP contribution in [0.15, 0.2) is 0 Å². The molecule has 0 aromatic carbocycles. The van der Waals surface area contributed by atoms with E-state index in [1.165, 1.54) is 71.5 Å². The van der Waals surface area contributed by atoms with Crippen LogP contribution in [0.1, 0.15) is 25.7 Å². The fraction of sp³-hybridized carbons (Fsp3) is 1.00. The molecule has 3 fully saturated rings. The Hall–Kier alpha value is -0.120. The SMILES string of the molecule is CN1CCC(CN2CCC3(CCN(C)C3)CC2)C1. The van der Waals surface area contributed by atoms with E-state index in [-0.39, 0.29) is 0 Å². The van der Waals surface area contributed by atoms with E-state index in [9.17, 15) is 0 Å². The number of piperidine rings is 1. The molecule has 3 aliphatic heterocycles. The molecule has 0 N–H and O–H groups in total. The summed E-state index contributed by atoms with van der Waals surface area (Å²) in [5.74, 6) is 0.940. The van der Waals surface area contributed by atoms with Gasteiger partial charge in [-0.05, 0) is 77.3 Å². The topological polar surface area (TPSA) is 9.72 Å². The van der Waals surface area contributed by atoms with E-state index in [0.29, 0.717) is 5.41 Å². The lowest BCUT2D eigenvalue weighted by molar-refractivity contribution is 0.0987. The molecule has 3 heterocycles. The number of likely N-dealkylation sites (tertiary alicyclic amines) is 3. The van der Waals surface area contributed by atoms with Crippen molar-refractivity contribution in [2.75, 3.05) is 59.9 Å². The second kappa shape index (κ2) is 5.10. The van der Waals surface area contributed by atoms with E-state index < -0.39 is 0 Å². The van der Waals surface area contributed by atoms with Gasteiger partial charge in [0, 0.05) is 19.6 Å². The first kappa shape index (κ1) is 12.9. The first-order valence-electron chi connectivity index (χ1n) is 7.75. The van der Waals surface area contributed by atoms with Crippen LogP contribution >= 0.6 is 0 Å². The molecule has 1 unspecified atom stereocenters. The molecule has 3 aliphatic rings. The molecule has 0 saturated carbocycles. The van der Waals surface area contributed by atoms with Crippen molar-refractivity contribution >= 4 is 0 Å². The summed E-state index contributed by atoms with van der Waals surface area (Å²) in [6, 6.07) is 0. The zero-order chi connectivity index (χ0) is 12.6. The molecule has 3 saturated heterocycles. The van der Waals surface area contributed by atoms with E-state index in [4.69, 9.17) is 0 Å². The van der Waals surface area contributed by atoms with Gasteiger partial charge in [-0.3, -0.25) is 0 Å². The summed E-state index contributed by atoms with van der Waals surface area (Å²) >= 11 is 0. The normalized spacial score (nSPS) is 34.7. The standard InChI is InChI=1S/C15H29N3/c1-16-7-3-14(11-16)12-18-9-5-15(6-10-18)4-8-17(2)13-15/h14H,3-13H2,1-2H3. The maximum Gasteiger partial charge on any atom is 0.00364 e. The molecular formula is C15H29N3. The van der Waals surface area contributed by atoms with Crippen LogP contribution in [0.25, 0.3) is 0 Å². The molecule has 104 valence electrons. The number of nitrogens with zero attached hydrogens (tertiary/aromatic N) is 3. The molecule has 3 rings (SSSR count). The zero-order valence-electron chi connectivity index (χ0n) is 12.2. The van der Waals surface area contributed by atoms with Gasteiger partial charge in [-0.2, -0.15) is 0 Å². The molecule has 3 heteroatoms. The second-order valence-electron chi connectivity index (χ2n) is 7.21. The summed E-state index contributed by atoms with van der Waals surface area (Å²) in [4.78, 5) is 7.76. The molecule has 18 heavy (non-hydrogen) atoms. The van der Waals surface area contributed by atoms with Gasteiger partial charge in [0.25, 0.3) is 0 Å². The average Bonchev–Trinajstić information content (AvgIpc) is 2.90. The lowest BCUT2D eigenvalue weighted by Gasteiger charge is -2.40. The molecule has 0 aliphatic carbocycles. The lowest BCUT2D eigenvalue weighted by Crippen LogP contribution is -2.43. The van der Waals surface area contributed by atoms with Crippen molar-refractivity contribution in [2.24, 2.45) is 11.3 Å². The Morgan fingerprint density at radius 3 is 2.22 bits per heavy atom. The maximum atomic E-state index is 2.74. The molecule has 0 aromatic heterocycles. The highest BCUT2D eigenvalue weighted by Crippen LogP contribution is 2.39. The Morgan fingerprint density at radius 2 is 1.67 bits per heavy atom. The van der Waals surface area contributed by atoms with E-state index in [1.54, 1.807) is 0 Å². The maximum absolute atomic E-state index is 2.74. The van der Waals surface area contributed by atoms with Crippen LogP contribution in [0.5, 0.6) is 0 Å². The van der Waals surface area contributed by atoms with Crippen LogP contribution < -0.4 is 0 Å². The van der Waals surface area contributed by atoms with Crippen molar-refractivity contribution < 1.29 is 0 Å². The van der Waals surface area contributed by atoms with Gasteiger partial charge in [0.05, 0.1) is 0 Å². The minimum absolute atomic E-state index is 0.692. The van der Waals surface area contributed by atoms with Crippen LogP contribution in [-0.2, 0) is 0 Å². The summed E-state index contributed by atoms with van der Waals surface area (Å²) in [6.07, 6.45) is 5.75. The smallest absolute Gasteiger partial charge is 0.00364 e. The van der Waals surface area contributed by atoms with Crippen LogP contribution in [-0.4, -0.2) is 74.6 Å². The van der Waals surface area contributed by atoms with Gasteiger partial charge < -0.3 is 14.7 Å². The molecule has 3 nitrogen and oxygen atoms in total. The van der Waals surface area contributed by atoms with Crippen molar-refractivity contribution in [3.05, 3.63) is 0 Å². The van der Waals surface area contributed by atoms with Gasteiger partial charge in [0.1, 0.15) is 0 Å². The van der Waals surface area contributed by atoms with Gasteiger partial charge in [-0.1, -0.05) is 0 Å². The molecule has 1 atom stereocenters. The third kappa shape index (κ3) is 2.73. The largest absolute Gasteiger partial charge is 0.306 e.